The van der Waals surface area contributed by atoms with Crippen molar-refractivity contribution in [3.05, 3.63) is 53.1 Å². The fourth-order valence-corrected chi connectivity index (χ4v) is 3.15. The van der Waals surface area contributed by atoms with Crippen LogP contribution in [0.2, 0.25) is 5.02 Å². The molecule has 0 aliphatic carbocycles. The van der Waals surface area contributed by atoms with Crippen molar-refractivity contribution in [2.45, 2.75) is 12.5 Å². The monoisotopic (exact) mass is 374 g/mol. The minimum atomic E-state index is -1.16. The quantitative estimate of drug-likeness (QED) is 0.853. The zero-order chi connectivity index (χ0) is 18.7. The van der Waals surface area contributed by atoms with Crippen molar-refractivity contribution < 1.29 is 19.4 Å². The van der Waals surface area contributed by atoms with Crippen molar-refractivity contribution in [1.82, 2.24) is 5.32 Å². The molecule has 1 atom stereocenters. The van der Waals surface area contributed by atoms with E-state index in [1.807, 2.05) is 43.3 Å². The molecular weight excluding hydrogens is 356 g/mol. The first-order valence-corrected chi connectivity index (χ1v) is 8.39. The van der Waals surface area contributed by atoms with Crippen molar-refractivity contribution >= 4 is 23.5 Å². The third-order valence-corrected chi connectivity index (χ3v) is 4.40. The Morgan fingerprint density at radius 1 is 1.31 bits per heavy atom. The minimum Gasteiger partial charge on any atom is -0.497 e. The van der Waals surface area contributed by atoms with Crippen LogP contribution in [0.3, 0.4) is 0 Å². The number of rotatable bonds is 3. The highest BCUT2D eigenvalue weighted by molar-refractivity contribution is 6.31. The zero-order valence-electron chi connectivity index (χ0n) is 14.5. The number of ether oxygens (including phenoxy) is 2. The van der Waals surface area contributed by atoms with E-state index in [1.165, 1.54) is 0 Å². The van der Waals surface area contributed by atoms with E-state index in [-0.39, 0.29) is 6.61 Å². The van der Waals surface area contributed by atoms with Crippen LogP contribution in [0.15, 0.2) is 47.5 Å². The molecule has 0 bridgehead atoms. The van der Waals surface area contributed by atoms with Crippen LogP contribution in [-0.4, -0.2) is 37.4 Å². The van der Waals surface area contributed by atoms with E-state index in [2.05, 4.69) is 10.3 Å². The molecule has 2 N–H and O–H groups in total. The lowest BCUT2D eigenvalue weighted by molar-refractivity contribution is 0.104. The molecule has 26 heavy (non-hydrogen) atoms. The second-order valence-electron chi connectivity index (χ2n) is 6.22. The van der Waals surface area contributed by atoms with E-state index >= 15 is 0 Å². The Bertz CT molecular complexity index is 868. The first-order chi connectivity index (χ1) is 12.4. The van der Waals surface area contributed by atoms with Crippen LogP contribution in [0.5, 0.6) is 5.75 Å². The number of benzene rings is 2. The minimum absolute atomic E-state index is 0.146. The summed E-state index contributed by atoms with van der Waals surface area (Å²) in [4.78, 5) is 15.4. The molecule has 0 aromatic heterocycles. The molecule has 1 aliphatic rings. The normalized spacial score (nSPS) is 19.6. The first-order valence-electron chi connectivity index (χ1n) is 8.01. The number of hydrogen-bond donors (Lipinski definition) is 2. The highest BCUT2D eigenvalue weighted by Crippen LogP contribution is 2.33. The van der Waals surface area contributed by atoms with Gasteiger partial charge in [-0.15, -0.1) is 0 Å². The molecule has 0 saturated heterocycles. The molecule has 1 heterocycles. The predicted octanol–water partition coefficient (Wildman–Crippen LogP) is 3.93. The molecular formula is C19H19ClN2O4. The van der Waals surface area contributed by atoms with Crippen molar-refractivity contribution in [2.24, 2.45) is 4.99 Å². The van der Waals surface area contributed by atoms with Crippen LogP contribution in [-0.2, 0) is 10.3 Å². The van der Waals surface area contributed by atoms with Gasteiger partial charge in [-0.3, -0.25) is 10.3 Å². The van der Waals surface area contributed by atoms with Gasteiger partial charge in [-0.05, 0) is 47.9 Å². The average Bonchev–Trinajstić information content (AvgIpc) is 2.61. The number of carbonyl (C=O) groups is 1. The summed E-state index contributed by atoms with van der Waals surface area (Å²) in [5.41, 5.74) is 2.11. The van der Waals surface area contributed by atoms with Crippen molar-refractivity contribution in [1.29, 1.82) is 0 Å². The smallest absolute Gasteiger partial charge is 0.410 e. The summed E-state index contributed by atoms with van der Waals surface area (Å²) < 4.78 is 10.8. The van der Waals surface area contributed by atoms with Crippen LogP contribution in [0.1, 0.15) is 12.5 Å². The number of carboxylic acid groups (broad SMARTS) is 1. The van der Waals surface area contributed by atoms with Gasteiger partial charge < -0.3 is 14.6 Å². The second-order valence-corrected chi connectivity index (χ2v) is 6.65. The Morgan fingerprint density at radius 3 is 2.85 bits per heavy atom. The molecule has 1 unspecified atom stereocenters. The molecule has 6 nitrogen and oxygen atoms in total. The van der Waals surface area contributed by atoms with Crippen LogP contribution >= 0.6 is 11.6 Å². The van der Waals surface area contributed by atoms with E-state index in [1.54, 1.807) is 13.2 Å². The molecule has 2 aromatic carbocycles. The van der Waals surface area contributed by atoms with Gasteiger partial charge in [0.1, 0.15) is 23.7 Å². The van der Waals surface area contributed by atoms with Gasteiger partial charge in [0, 0.05) is 5.02 Å². The molecule has 7 heteroatoms. The van der Waals surface area contributed by atoms with E-state index < -0.39 is 11.6 Å². The zero-order valence-corrected chi connectivity index (χ0v) is 15.2. The molecule has 136 valence electrons. The van der Waals surface area contributed by atoms with Crippen LogP contribution in [0.25, 0.3) is 11.1 Å². The maximum absolute atomic E-state index is 10.9. The summed E-state index contributed by atoms with van der Waals surface area (Å²) >= 11 is 6.18. The van der Waals surface area contributed by atoms with E-state index in [0.717, 1.165) is 16.7 Å². The number of nitrogens with one attached hydrogen (secondary N) is 1. The van der Waals surface area contributed by atoms with Gasteiger partial charge in [0.05, 0.1) is 13.7 Å². The summed E-state index contributed by atoms with van der Waals surface area (Å²) in [6, 6.07) is 13.4. The van der Waals surface area contributed by atoms with Gasteiger partial charge in [-0.1, -0.05) is 29.8 Å². The summed E-state index contributed by atoms with van der Waals surface area (Å²) in [7, 11) is 1.60. The van der Waals surface area contributed by atoms with Gasteiger partial charge >= 0.3 is 6.09 Å². The summed E-state index contributed by atoms with van der Waals surface area (Å²) in [5.74, 6) is 0.970. The third-order valence-electron chi connectivity index (χ3n) is 4.18. The molecule has 0 spiro atoms. The summed E-state index contributed by atoms with van der Waals surface area (Å²) in [6.45, 7) is 2.42. The van der Waals surface area contributed by atoms with Crippen LogP contribution in [0, 0.1) is 0 Å². The van der Waals surface area contributed by atoms with Gasteiger partial charge in [-0.2, -0.15) is 0 Å². The SMILES string of the molecule is COc1cc(Cl)cc(-c2cccc(C3(C)COCC(NC(=O)O)=N3)c2)c1. The van der Waals surface area contributed by atoms with Gasteiger partial charge in [0.15, 0.2) is 0 Å². The van der Waals surface area contributed by atoms with Gasteiger partial charge in [0.25, 0.3) is 0 Å². The van der Waals surface area contributed by atoms with E-state index in [0.29, 0.717) is 23.2 Å². The summed E-state index contributed by atoms with van der Waals surface area (Å²) in [5, 5.41) is 11.8. The molecule has 1 aliphatic heterocycles. The van der Waals surface area contributed by atoms with Crippen LogP contribution in [0.4, 0.5) is 4.79 Å². The Hall–Kier alpha value is -2.57. The maximum Gasteiger partial charge on any atom is 0.410 e. The molecule has 0 radical (unpaired) electrons. The fourth-order valence-electron chi connectivity index (χ4n) is 2.93. The average molecular weight is 375 g/mol. The van der Waals surface area contributed by atoms with Gasteiger partial charge in [0.2, 0.25) is 0 Å². The number of nitrogens with zero attached hydrogens (tertiary/aromatic N) is 1. The number of halogens is 1. The molecule has 3 rings (SSSR count). The number of methoxy groups -OCH3 is 1. The Balaban J connectivity index is 1.99. The lowest BCUT2D eigenvalue weighted by atomic mass is 9.90. The van der Waals surface area contributed by atoms with Crippen molar-refractivity contribution in [2.75, 3.05) is 20.3 Å². The van der Waals surface area contributed by atoms with E-state index in [9.17, 15) is 4.79 Å². The lowest BCUT2D eigenvalue weighted by Crippen LogP contribution is -2.42. The van der Waals surface area contributed by atoms with Crippen LogP contribution < -0.4 is 10.1 Å². The topological polar surface area (TPSA) is 80.2 Å². The number of aliphatic imine (C=N–C) groups is 1. The Morgan fingerprint density at radius 2 is 2.12 bits per heavy atom. The largest absolute Gasteiger partial charge is 0.497 e. The first kappa shape index (κ1) is 18.2. The molecule has 0 fully saturated rings. The Labute approximate surface area is 156 Å². The highest BCUT2D eigenvalue weighted by atomic mass is 35.5. The maximum atomic E-state index is 10.9. The number of amidine groups is 1. The Kier molecular flexibility index (Phi) is 5.15. The fraction of sp³-hybridized carbons (Fsp3) is 0.263. The van der Waals surface area contributed by atoms with E-state index in [4.69, 9.17) is 26.2 Å². The highest BCUT2D eigenvalue weighted by Gasteiger charge is 2.31. The lowest BCUT2D eigenvalue weighted by Gasteiger charge is -2.31. The van der Waals surface area contributed by atoms with Crippen molar-refractivity contribution in [3.8, 4) is 16.9 Å². The third kappa shape index (κ3) is 3.98. The molecule has 1 amide bonds. The predicted molar refractivity (Wildman–Crippen MR) is 100 cm³/mol. The summed E-state index contributed by atoms with van der Waals surface area (Å²) in [6.07, 6.45) is -1.16. The molecule has 2 aromatic rings. The van der Waals surface area contributed by atoms with Gasteiger partial charge in [-0.25, -0.2) is 4.79 Å². The second kappa shape index (κ2) is 7.35. The number of amides is 1. The molecule has 0 saturated carbocycles. The standard InChI is InChI=1S/C19H19ClN2O4/c1-19(11-26-10-17(22-19)21-18(23)24)14-5-3-4-12(6-14)13-7-15(20)9-16(8-13)25-2/h3-9H,10-11H2,1-2H3,(H,21,22)(H,23,24). The number of hydrogen-bond acceptors (Lipinski definition) is 4. The van der Waals surface area contributed by atoms with Crippen molar-refractivity contribution in [3.63, 3.8) is 0 Å².